The zero-order chi connectivity index (χ0) is 36.8. The first-order chi connectivity index (χ1) is 25.7. The Balaban J connectivity index is 0.000000202. The number of anilines is 2. The van der Waals surface area contributed by atoms with Crippen LogP contribution < -0.4 is 11.1 Å². The fourth-order valence-corrected chi connectivity index (χ4v) is 6.88. The first-order valence-electron chi connectivity index (χ1n) is 17.6. The van der Waals surface area contributed by atoms with Gasteiger partial charge in [0.15, 0.2) is 0 Å². The average molecular weight is 716 g/mol. The van der Waals surface area contributed by atoms with Gasteiger partial charge in [0, 0.05) is 68.3 Å². The van der Waals surface area contributed by atoms with Crippen molar-refractivity contribution in [1.82, 2.24) is 24.8 Å². The Labute approximate surface area is 306 Å². The van der Waals surface area contributed by atoms with Gasteiger partial charge in [-0.15, -0.1) is 0 Å². The van der Waals surface area contributed by atoms with E-state index in [0.717, 1.165) is 92.6 Å². The highest BCUT2D eigenvalue weighted by Crippen LogP contribution is 2.34. The molecule has 0 fully saturated rings. The highest BCUT2D eigenvalue weighted by Gasteiger charge is 2.32. The minimum absolute atomic E-state index is 0.0200. The van der Waals surface area contributed by atoms with Crippen molar-refractivity contribution in [3.8, 4) is 11.1 Å². The number of carbonyl (C=O) groups excluding carboxylic acids is 1. The lowest BCUT2D eigenvalue weighted by Gasteiger charge is -2.28. The van der Waals surface area contributed by atoms with Crippen molar-refractivity contribution >= 4 is 17.3 Å². The van der Waals surface area contributed by atoms with E-state index in [0.29, 0.717) is 16.8 Å². The predicted octanol–water partition coefficient (Wildman–Crippen LogP) is 8.13. The van der Waals surface area contributed by atoms with Gasteiger partial charge in [0.25, 0.3) is 5.91 Å². The molecule has 0 atom stereocenters. The van der Waals surface area contributed by atoms with Crippen molar-refractivity contribution < 1.29 is 18.0 Å². The molecular weight excluding hydrogens is 676 g/mol. The third kappa shape index (κ3) is 9.00. The van der Waals surface area contributed by atoms with Gasteiger partial charge in [-0.25, -0.2) is 4.98 Å². The zero-order valence-corrected chi connectivity index (χ0v) is 29.1. The number of pyridine rings is 1. The van der Waals surface area contributed by atoms with Gasteiger partial charge >= 0.3 is 6.18 Å². The van der Waals surface area contributed by atoms with Gasteiger partial charge in [0.05, 0.1) is 17.8 Å². The van der Waals surface area contributed by atoms with E-state index >= 15 is 0 Å². The SMILES string of the molecule is Nc1ccc2c(c1)CCN(Cc1ccccn1)C2.O=C(Nc1ccc2c(c1)CCN(Cc1ncc[nH]1)C2)c1cc(C(F)(F)F)ccc1-c1ccccc1. The molecule has 4 N–H and O–H groups in total. The Kier molecular flexibility index (Phi) is 10.7. The monoisotopic (exact) mass is 715 g/mol. The Morgan fingerprint density at radius 2 is 1.47 bits per heavy atom. The summed E-state index contributed by atoms with van der Waals surface area (Å²) in [6.45, 7) is 5.32. The summed E-state index contributed by atoms with van der Waals surface area (Å²) in [5, 5.41) is 2.81. The molecule has 6 aromatic rings. The number of imidazole rings is 1. The number of nitrogen functional groups attached to an aromatic ring is 1. The van der Waals surface area contributed by atoms with Gasteiger partial charge in [-0.05, 0) is 94.8 Å². The van der Waals surface area contributed by atoms with E-state index in [1.165, 1.54) is 17.2 Å². The number of nitrogens with zero attached hydrogens (tertiary/aromatic N) is 4. The molecule has 0 bridgehead atoms. The number of aromatic nitrogens is 3. The van der Waals surface area contributed by atoms with E-state index in [1.807, 2.05) is 42.6 Å². The summed E-state index contributed by atoms with van der Waals surface area (Å²) in [6, 6.07) is 30.2. The smallest absolute Gasteiger partial charge is 0.399 e. The van der Waals surface area contributed by atoms with Crippen LogP contribution in [0.15, 0.2) is 122 Å². The molecule has 270 valence electrons. The second-order valence-electron chi connectivity index (χ2n) is 13.4. The molecule has 0 saturated carbocycles. The predicted molar refractivity (Wildman–Crippen MR) is 201 cm³/mol. The number of nitrogens with one attached hydrogen (secondary N) is 2. The van der Waals surface area contributed by atoms with Crippen LogP contribution in [0.25, 0.3) is 11.1 Å². The zero-order valence-electron chi connectivity index (χ0n) is 29.1. The molecule has 2 aromatic heterocycles. The van der Waals surface area contributed by atoms with E-state index < -0.39 is 17.6 Å². The number of hydrogen-bond donors (Lipinski definition) is 3. The maximum Gasteiger partial charge on any atom is 0.416 e. The lowest BCUT2D eigenvalue weighted by molar-refractivity contribution is -0.137. The van der Waals surface area contributed by atoms with Crippen LogP contribution in [0, 0.1) is 0 Å². The van der Waals surface area contributed by atoms with Crippen LogP contribution >= 0.6 is 0 Å². The average Bonchev–Trinajstić information content (AvgIpc) is 3.68. The summed E-state index contributed by atoms with van der Waals surface area (Å²) in [4.78, 5) is 29.7. The number of rotatable bonds is 7. The van der Waals surface area contributed by atoms with Gasteiger partial charge in [0.2, 0.25) is 0 Å². The highest BCUT2D eigenvalue weighted by atomic mass is 19.4. The number of alkyl halides is 3. The summed E-state index contributed by atoms with van der Waals surface area (Å²) in [7, 11) is 0. The maximum absolute atomic E-state index is 13.4. The minimum Gasteiger partial charge on any atom is -0.399 e. The molecule has 4 aromatic carbocycles. The van der Waals surface area contributed by atoms with Crippen molar-refractivity contribution in [3.63, 3.8) is 0 Å². The van der Waals surface area contributed by atoms with E-state index in [2.05, 4.69) is 48.3 Å². The number of H-pyrrole nitrogens is 1. The Morgan fingerprint density at radius 1 is 0.755 bits per heavy atom. The Hall–Kier alpha value is -5.78. The van der Waals surface area contributed by atoms with Crippen molar-refractivity contribution in [2.75, 3.05) is 24.1 Å². The molecule has 11 heteroatoms. The normalized spacial score (nSPS) is 14.4. The fourth-order valence-electron chi connectivity index (χ4n) is 6.88. The third-order valence-corrected chi connectivity index (χ3v) is 9.59. The van der Waals surface area contributed by atoms with Crippen LogP contribution in [0.2, 0.25) is 0 Å². The molecule has 1 amide bonds. The number of halogens is 3. The number of fused-ring (bicyclic) bond motifs is 2. The van der Waals surface area contributed by atoms with Gasteiger partial charge in [-0.3, -0.25) is 19.6 Å². The molecular formula is C42H40F3N7O. The van der Waals surface area contributed by atoms with E-state index in [9.17, 15) is 18.0 Å². The number of aromatic amines is 1. The number of amides is 1. The molecule has 2 aliphatic heterocycles. The van der Waals surface area contributed by atoms with E-state index in [-0.39, 0.29) is 5.56 Å². The summed E-state index contributed by atoms with van der Waals surface area (Å²) in [5.74, 6) is 0.331. The molecule has 8 nitrogen and oxygen atoms in total. The van der Waals surface area contributed by atoms with Crippen LogP contribution in [0.3, 0.4) is 0 Å². The quantitative estimate of drug-likeness (QED) is 0.144. The molecule has 0 unspecified atom stereocenters. The highest BCUT2D eigenvalue weighted by molar-refractivity contribution is 6.09. The third-order valence-electron chi connectivity index (χ3n) is 9.59. The number of benzene rings is 4. The van der Waals surface area contributed by atoms with E-state index in [1.54, 1.807) is 42.7 Å². The lowest BCUT2D eigenvalue weighted by Crippen LogP contribution is -2.30. The summed E-state index contributed by atoms with van der Waals surface area (Å²) in [5.41, 5.74) is 13.7. The number of carbonyl (C=O) groups is 1. The maximum atomic E-state index is 13.4. The van der Waals surface area contributed by atoms with Crippen LogP contribution in [-0.2, 0) is 45.2 Å². The van der Waals surface area contributed by atoms with Crippen molar-refractivity contribution in [2.24, 2.45) is 0 Å². The second-order valence-corrected chi connectivity index (χ2v) is 13.4. The summed E-state index contributed by atoms with van der Waals surface area (Å²) < 4.78 is 40.2. The van der Waals surface area contributed by atoms with E-state index in [4.69, 9.17) is 5.73 Å². The minimum atomic E-state index is -4.54. The molecule has 4 heterocycles. The van der Waals surface area contributed by atoms with Crippen LogP contribution in [-0.4, -0.2) is 43.7 Å². The Bertz CT molecular complexity index is 2160. The summed E-state index contributed by atoms with van der Waals surface area (Å²) >= 11 is 0. The standard InChI is InChI=1S/C27H23F3N4O.C15H17N3/c28-27(29,30)21-7-9-23(18-4-2-1-3-5-18)24(15-21)26(35)33-22-8-6-20-16-34(13-10-19(20)14-22)17-25-31-11-12-32-25;16-14-5-4-13-10-18(8-6-12(13)9-14)11-15-3-1-2-7-17-15/h1-9,11-12,14-15H,10,13,16-17H2,(H,31,32)(H,33,35);1-5,7,9H,6,8,10-11,16H2. The fraction of sp³-hybridized carbons (Fsp3) is 0.214. The van der Waals surface area contributed by atoms with Crippen molar-refractivity contribution in [2.45, 2.75) is 45.2 Å². The molecule has 53 heavy (non-hydrogen) atoms. The van der Waals surface area contributed by atoms with Crippen LogP contribution in [0.5, 0.6) is 0 Å². The summed E-state index contributed by atoms with van der Waals surface area (Å²) in [6.07, 6.45) is 2.73. The first-order valence-corrected chi connectivity index (χ1v) is 17.6. The first kappa shape index (κ1) is 35.6. The van der Waals surface area contributed by atoms with Crippen molar-refractivity contribution in [3.05, 3.63) is 167 Å². The van der Waals surface area contributed by atoms with Gasteiger partial charge in [-0.2, -0.15) is 13.2 Å². The number of hydrogen-bond acceptors (Lipinski definition) is 6. The molecule has 0 spiro atoms. The molecule has 2 aliphatic rings. The molecule has 0 aliphatic carbocycles. The molecule has 8 rings (SSSR count). The van der Waals surface area contributed by atoms with Gasteiger partial charge < -0.3 is 16.0 Å². The van der Waals surface area contributed by atoms with Gasteiger partial charge in [0.1, 0.15) is 5.82 Å². The molecule has 0 radical (unpaired) electrons. The van der Waals surface area contributed by atoms with Gasteiger partial charge in [-0.1, -0.05) is 54.6 Å². The molecule has 0 saturated heterocycles. The topological polar surface area (TPSA) is 103 Å². The Morgan fingerprint density at radius 3 is 2.17 bits per heavy atom. The number of nitrogens with two attached hydrogens (primary N) is 1. The van der Waals surface area contributed by atoms with Crippen molar-refractivity contribution in [1.29, 1.82) is 0 Å². The second kappa shape index (κ2) is 15.9. The largest absolute Gasteiger partial charge is 0.416 e. The van der Waals surface area contributed by atoms with Crippen LogP contribution in [0.1, 0.15) is 49.7 Å². The lowest BCUT2D eigenvalue weighted by atomic mass is 9.96. The van der Waals surface area contributed by atoms with Crippen LogP contribution in [0.4, 0.5) is 24.5 Å².